The van der Waals surface area contributed by atoms with Crippen molar-refractivity contribution in [2.45, 2.75) is 52.2 Å². The van der Waals surface area contributed by atoms with Crippen LogP contribution in [0.15, 0.2) is 29.3 Å². The van der Waals surface area contributed by atoms with Crippen molar-refractivity contribution in [1.82, 2.24) is 15.5 Å². The largest absolute Gasteiger partial charge is 0.390 e. The molecule has 0 radical (unpaired) electrons. The monoisotopic (exact) mass is 474 g/mol. The minimum atomic E-state index is -0.434. The van der Waals surface area contributed by atoms with Gasteiger partial charge in [-0.1, -0.05) is 44.0 Å². The number of benzene rings is 1. The fraction of sp³-hybridized carbons (Fsp3) is 0.650. The van der Waals surface area contributed by atoms with E-state index in [0.717, 1.165) is 45.0 Å². The Bertz CT molecular complexity index is 538. The summed E-state index contributed by atoms with van der Waals surface area (Å²) in [6.45, 7) is 9.06. The number of aliphatic hydroxyl groups excluding tert-OH is 1. The van der Waals surface area contributed by atoms with Gasteiger partial charge in [-0.05, 0) is 30.9 Å². The molecule has 148 valence electrons. The number of aliphatic hydroxyl groups is 1. The SMILES string of the molecule is CCCCCNC(=NCC(O)CN1CCc2ccccc2C1)NCC.I. The van der Waals surface area contributed by atoms with Crippen LogP contribution in [0.4, 0.5) is 0 Å². The standard InChI is InChI=1S/C20H34N4O.HI/c1-3-5-8-12-22-20(21-4-2)23-14-19(25)16-24-13-11-17-9-6-7-10-18(17)15-24;/h6-7,9-10,19,25H,3-5,8,11-16H2,1-2H3,(H2,21,22,23);1H. The molecule has 1 aliphatic heterocycles. The molecule has 0 fully saturated rings. The van der Waals surface area contributed by atoms with Crippen molar-refractivity contribution in [3.63, 3.8) is 0 Å². The first-order valence-electron chi connectivity index (χ1n) is 9.72. The third-order valence-corrected chi connectivity index (χ3v) is 4.56. The fourth-order valence-corrected chi connectivity index (χ4v) is 3.19. The number of guanidine groups is 1. The van der Waals surface area contributed by atoms with Crippen molar-refractivity contribution in [2.24, 2.45) is 4.99 Å². The van der Waals surface area contributed by atoms with E-state index in [0.29, 0.717) is 13.1 Å². The van der Waals surface area contributed by atoms with Crippen molar-refractivity contribution in [3.05, 3.63) is 35.4 Å². The first-order chi connectivity index (χ1) is 12.2. The summed E-state index contributed by atoms with van der Waals surface area (Å²) in [6, 6.07) is 8.60. The summed E-state index contributed by atoms with van der Waals surface area (Å²) in [5.41, 5.74) is 2.83. The third kappa shape index (κ3) is 8.22. The number of β-amino-alcohol motifs (C(OH)–C–C–N with tert-alkyl or cyclic N) is 1. The van der Waals surface area contributed by atoms with Gasteiger partial charge < -0.3 is 15.7 Å². The quantitative estimate of drug-likeness (QED) is 0.223. The number of hydrogen-bond acceptors (Lipinski definition) is 3. The van der Waals surface area contributed by atoms with Gasteiger partial charge in [-0.15, -0.1) is 24.0 Å². The Morgan fingerprint density at radius 2 is 1.96 bits per heavy atom. The molecule has 0 spiro atoms. The number of aliphatic imine (C=N–C) groups is 1. The molecule has 3 N–H and O–H groups in total. The van der Waals surface area contributed by atoms with E-state index in [1.807, 2.05) is 0 Å². The third-order valence-electron chi connectivity index (χ3n) is 4.56. The van der Waals surface area contributed by atoms with E-state index in [1.165, 1.54) is 24.0 Å². The lowest BCUT2D eigenvalue weighted by Crippen LogP contribution is -2.40. The molecule has 6 heteroatoms. The number of unbranched alkanes of at least 4 members (excludes halogenated alkanes) is 2. The lowest BCUT2D eigenvalue weighted by molar-refractivity contribution is 0.111. The second-order valence-electron chi connectivity index (χ2n) is 6.76. The van der Waals surface area contributed by atoms with E-state index < -0.39 is 6.10 Å². The van der Waals surface area contributed by atoms with Crippen molar-refractivity contribution in [3.8, 4) is 0 Å². The van der Waals surface area contributed by atoms with E-state index >= 15 is 0 Å². The maximum atomic E-state index is 10.4. The summed E-state index contributed by atoms with van der Waals surface area (Å²) in [7, 11) is 0. The van der Waals surface area contributed by atoms with Gasteiger partial charge in [0.2, 0.25) is 0 Å². The van der Waals surface area contributed by atoms with Crippen LogP contribution in [-0.2, 0) is 13.0 Å². The van der Waals surface area contributed by atoms with Gasteiger partial charge in [-0.2, -0.15) is 0 Å². The summed E-state index contributed by atoms with van der Waals surface area (Å²) in [4.78, 5) is 6.86. The Kier molecular flexibility index (Phi) is 11.9. The predicted octanol–water partition coefficient (Wildman–Crippen LogP) is 2.77. The first kappa shape index (κ1) is 23.2. The van der Waals surface area contributed by atoms with Gasteiger partial charge in [0.1, 0.15) is 0 Å². The van der Waals surface area contributed by atoms with Crippen LogP contribution in [0, 0.1) is 0 Å². The van der Waals surface area contributed by atoms with Gasteiger partial charge in [0.05, 0.1) is 12.6 Å². The lowest BCUT2D eigenvalue weighted by atomic mass is 10.00. The highest BCUT2D eigenvalue weighted by Gasteiger charge is 2.18. The molecule has 1 atom stereocenters. The van der Waals surface area contributed by atoms with Gasteiger partial charge in [0, 0.05) is 32.7 Å². The molecule has 0 aliphatic carbocycles. The van der Waals surface area contributed by atoms with Gasteiger partial charge in [-0.25, -0.2) is 0 Å². The second kappa shape index (κ2) is 13.3. The van der Waals surface area contributed by atoms with E-state index in [9.17, 15) is 5.11 Å². The number of rotatable bonds is 9. The van der Waals surface area contributed by atoms with Crippen LogP contribution in [0.3, 0.4) is 0 Å². The number of nitrogens with zero attached hydrogens (tertiary/aromatic N) is 2. The van der Waals surface area contributed by atoms with Gasteiger partial charge in [0.15, 0.2) is 5.96 Å². The smallest absolute Gasteiger partial charge is 0.191 e. The van der Waals surface area contributed by atoms with E-state index in [4.69, 9.17) is 0 Å². The highest BCUT2D eigenvalue weighted by atomic mass is 127. The molecule has 0 saturated carbocycles. The molecular formula is C20H35IN4O. The van der Waals surface area contributed by atoms with Crippen molar-refractivity contribution < 1.29 is 5.11 Å². The molecule has 5 nitrogen and oxygen atoms in total. The Morgan fingerprint density at radius 3 is 2.69 bits per heavy atom. The van der Waals surface area contributed by atoms with Crippen LogP contribution >= 0.6 is 24.0 Å². The van der Waals surface area contributed by atoms with Crippen molar-refractivity contribution in [1.29, 1.82) is 0 Å². The molecule has 0 aromatic heterocycles. The predicted molar refractivity (Wildman–Crippen MR) is 120 cm³/mol. The van der Waals surface area contributed by atoms with Crippen LogP contribution in [-0.4, -0.2) is 54.8 Å². The van der Waals surface area contributed by atoms with Gasteiger partial charge in [-0.3, -0.25) is 9.89 Å². The van der Waals surface area contributed by atoms with E-state index in [2.05, 4.69) is 58.6 Å². The fourth-order valence-electron chi connectivity index (χ4n) is 3.19. The van der Waals surface area contributed by atoms with Crippen LogP contribution < -0.4 is 10.6 Å². The highest BCUT2D eigenvalue weighted by Crippen LogP contribution is 2.18. The average Bonchev–Trinajstić information content (AvgIpc) is 2.63. The molecule has 1 heterocycles. The molecule has 1 unspecified atom stereocenters. The van der Waals surface area contributed by atoms with E-state index in [1.54, 1.807) is 0 Å². The topological polar surface area (TPSA) is 59.9 Å². The zero-order valence-corrected chi connectivity index (χ0v) is 18.5. The van der Waals surface area contributed by atoms with Crippen LogP contribution in [0.25, 0.3) is 0 Å². The second-order valence-corrected chi connectivity index (χ2v) is 6.76. The lowest BCUT2D eigenvalue weighted by Gasteiger charge is -2.30. The molecule has 1 aromatic rings. The van der Waals surface area contributed by atoms with Gasteiger partial charge >= 0.3 is 0 Å². The Morgan fingerprint density at radius 1 is 1.19 bits per heavy atom. The average molecular weight is 474 g/mol. The van der Waals surface area contributed by atoms with Crippen molar-refractivity contribution >= 4 is 29.9 Å². The number of nitrogens with one attached hydrogen (secondary N) is 2. The van der Waals surface area contributed by atoms with Gasteiger partial charge in [0.25, 0.3) is 0 Å². The maximum Gasteiger partial charge on any atom is 0.191 e. The maximum absolute atomic E-state index is 10.4. The normalized spacial score (nSPS) is 15.7. The van der Waals surface area contributed by atoms with Crippen LogP contribution in [0.5, 0.6) is 0 Å². The molecule has 2 rings (SSSR count). The summed E-state index contributed by atoms with van der Waals surface area (Å²) in [5, 5.41) is 17.0. The summed E-state index contributed by atoms with van der Waals surface area (Å²) in [6.07, 6.45) is 4.22. The molecule has 0 bridgehead atoms. The highest BCUT2D eigenvalue weighted by molar-refractivity contribution is 14.0. The van der Waals surface area contributed by atoms with Crippen molar-refractivity contribution in [2.75, 3.05) is 32.7 Å². The Balaban J connectivity index is 0.00000338. The van der Waals surface area contributed by atoms with Crippen LogP contribution in [0.1, 0.15) is 44.2 Å². The minimum absolute atomic E-state index is 0. The first-order valence-corrected chi connectivity index (χ1v) is 9.72. The minimum Gasteiger partial charge on any atom is -0.390 e. The molecule has 0 saturated heterocycles. The number of hydrogen-bond donors (Lipinski definition) is 3. The van der Waals surface area contributed by atoms with Crippen LogP contribution in [0.2, 0.25) is 0 Å². The molecule has 1 aliphatic rings. The Hall–Kier alpha value is -0.860. The summed E-state index contributed by atoms with van der Waals surface area (Å²) >= 11 is 0. The number of fused-ring (bicyclic) bond motifs is 1. The molecular weight excluding hydrogens is 439 g/mol. The Labute approximate surface area is 175 Å². The van der Waals surface area contributed by atoms with E-state index in [-0.39, 0.29) is 24.0 Å². The molecule has 26 heavy (non-hydrogen) atoms. The zero-order chi connectivity index (χ0) is 17.9. The molecule has 1 aromatic carbocycles. The summed E-state index contributed by atoms with van der Waals surface area (Å²) < 4.78 is 0. The molecule has 0 amide bonds. The summed E-state index contributed by atoms with van der Waals surface area (Å²) in [5.74, 6) is 0.807. The zero-order valence-electron chi connectivity index (χ0n) is 16.2. The number of halogens is 1.